The van der Waals surface area contributed by atoms with Gasteiger partial charge in [-0.15, -0.1) is 0 Å². The molecule has 5 rings (SSSR count). The van der Waals surface area contributed by atoms with Gasteiger partial charge in [-0.2, -0.15) is 0 Å². The molecular weight excluding hydrogens is 406 g/mol. The summed E-state index contributed by atoms with van der Waals surface area (Å²) in [6, 6.07) is 14.7. The summed E-state index contributed by atoms with van der Waals surface area (Å²) in [7, 11) is 0. The largest absolute Gasteiger partial charge is 0.392 e. The van der Waals surface area contributed by atoms with E-state index in [1.165, 1.54) is 4.90 Å². The third-order valence-corrected chi connectivity index (χ3v) is 7.20. The van der Waals surface area contributed by atoms with Crippen molar-refractivity contribution in [2.45, 2.75) is 44.4 Å². The first-order chi connectivity index (χ1) is 15.4. The molecule has 2 saturated heterocycles. The predicted molar refractivity (Wildman–Crippen MR) is 119 cm³/mol. The van der Waals surface area contributed by atoms with E-state index in [4.69, 9.17) is 0 Å². The molecule has 0 aromatic heterocycles. The molecule has 3 N–H and O–H groups in total. The summed E-state index contributed by atoms with van der Waals surface area (Å²) in [6.45, 7) is 3.87. The number of aryl methyl sites for hydroxylation is 1. The molecule has 2 fully saturated rings. The summed E-state index contributed by atoms with van der Waals surface area (Å²) < 4.78 is 0. The van der Waals surface area contributed by atoms with Gasteiger partial charge in [0.1, 0.15) is 5.54 Å². The van der Waals surface area contributed by atoms with Crippen LogP contribution in [0.15, 0.2) is 48.5 Å². The van der Waals surface area contributed by atoms with Gasteiger partial charge in [0, 0.05) is 23.8 Å². The van der Waals surface area contributed by atoms with Crippen molar-refractivity contribution in [3.8, 4) is 0 Å². The Morgan fingerprint density at radius 2 is 1.81 bits per heavy atom. The number of aliphatic hydroxyl groups is 1. The molecule has 5 atom stereocenters. The third kappa shape index (κ3) is 2.84. The summed E-state index contributed by atoms with van der Waals surface area (Å²) in [5.74, 6) is -2.69. The highest BCUT2D eigenvalue weighted by Gasteiger charge is 2.71. The van der Waals surface area contributed by atoms with Gasteiger partial charge in [-0.25, -0.2) is 0 Å². The van der Waals surface area contributed by atoms with Crippen LogP contribution in [0.4, 0.5) is 5.69 Å². The number of rotatable bonds is 5. The number of anilines is 1. The number of imide groups is 1. The Balaban J connectivity index is 1.56. The summed E-state index contributed by atoms with van der Waals surface area (Å²) >= 11 is 0. The molecule has 32 heavy (non-hydrogen) atoms. The van der Waals surface area contributed by atoms with Crippen LogP contribution in [0.5, 0.6) is 0 Å². The van der Waals surface area contributed by atoms with Crippen molar-refractivity contribution in [3.63, 3.8) is 0 Å². The molecule has 0 saturated carbocycles. The third-order valence-electron chi connectivity index (χ3n) is 7.20. The first-order valence-corrected chi connectivity index (χ1v) is 11.2. The lowest BCUT2D eigenvalue weighted by atomic mass is 9.76. The monoisotopic (exact) mass is 433 g/mol. The van der Waals surface area contributed by atoms with Crippen molar-refractivity contribution >= 4 is 23.4 Å². The van der Waals surface area contributed by atoms with Gasteiger partial charge in [0.05, 0.1) is 17.9 Å². The molecule has 0 radical (unpaired) electrons. The minimum absolute atomic E-state index is 0.251. The zero-order valence-electron chi connectivity index (χ0n) is 18.2. The molecule has 2 aromatic rings. The normalized spacial score (nSPS) is 29.4. The fourth-order valence-corrected chi connectivity index (χ4v) is 5.58. The van der Waals surface area contributed by atoms with Crippen molar-refractivity contribution in [3.05, 3.63) is 65.2 Å². The second-order valence-corrected chi connectivity index (χ2v) is 8.97. The lowest BCUT2D eigenvalue weighted by molar-refractivity contribution is -0.143. The van der Waals surface area contributed by atoms with Crippen LogP contribution in [-0.4, -0.2) is 46.4 Å². The molecule has 1 spiro atoms. The Labute approximate surface area is 186 Å². The van der Waals surface area contributed by atoms with E-state index >= 15 is 0 Å². The predicted octanol–water partition coefficient (Wildman–Crippen LogP) is 1.59. The minimum atomic E-state index is -1.36. The van der Waals surface area contributed by atoms with Crippen LogP contribution >= 0.6 is 0 Å². The molecule has 3 aliphatic rings. The lowest BCUT2D eigenvalue weighted by Gasteiger charge is -2.30. The molecule has 3 amide bonds. The fourth-order valence-electron chi connectivity index (χ4n) is 5.58. The van der Waals surface area contributed by atoms with Gasteiger partial charge in [0.15, 0.2) is 0 Å². The quantitative estimate of drug-likeness (QED) is 0.622. The van der Waals surface area contributed by atoms with E-state index in [0.717, 1.165) is 17.5 Å². The molecule has 0 aliphatic carbocycles. The van der Waals surface area contributed by atoms with Gasteiger partial charge >= 0.3 is 0 Å². The van der Waals surface area contributed by atoms with E-state index < -0.39 is 29.5 Å². The zero-order chi connectivity index (χ0) is 22.6. The van der Waals surface area contributed by atoms with Gasteiger partial charge in [0.25, 0.3) is 0 Å². The van der Waals surface area contributed by atoms with Crippen LogP contribution in [0, 0.1) is 11.8 Å². The number of benzene rings is 2. The molecule has 0 unspecified atom stereocenters. The van der Waals surface area contributed by atoms with Crippen LogP contribution in [-0.2, 0) is 32.8 Å². The first kappa shape index (κ1) is 20.8. The number of fused-ring (bicyclic) bond motifs is 4. The van der Waals surface area contributed by atoms with E-state index in [1.807, 2.05) is 55.5 Å². The molecular formula is C25H27N3O4. The van der Waals surface area contributed by atoms with Gasteiger partial charge in [-0.3, -0.25) is 24.6 Å². The molecule has 2 aromatic carbocycles. The highest BCUT2D eigenvalue weighted by Crippen LogP contribution is 2.53. The standard InChI is InChI=1S/C25H27N3O4/c1-3-15-9-10-18-17(13-15)25(24(32)26-18)20-19(21(27-25)14(2)29)22(30)28(23(20)31)12-11-16-7-5-4-6-8-16/h4-10,13-14,19-21,27,29H,3,11-12H2,1-2H3,(H,26,32)/t14-,19-,20-,21+,25-/m0/s1. The van der Waals surface area contributed by atoms with Crippen molar-refractivity contribution < 1.29 is 19.5 Å². The number of amides is 3. The number of carbonyl (C=O) groups excluding carboxylic acids is 3. The molecule has 3 aliphatic heterocycles. The maximum atomic E-state index is 13.7. The smallest absolute Gasteiger partial charge is 0.250 e. The molecule has 0 bridgehead atoms. The van der Waals surface area contributed by atoms with Crippen LogP contribution < -0.4 is 10.6 Å². The highest BCUT2D eigenvalue weighted by atomic mass is 16.3. The van der Waals surface area contributed by atoms with Gasteiger partial charge in [-0.1, -0.05) is 49.4 Å². The Bertz CT molecular complexity index is 1100. The molecule has 166 valence electrons. The summed E-state index contributed by atoms with van der Waals surface area (Å²) in [5, 5.41) is 16.6. The number of nitrogens with zero attached hydrogens (tertiary/aromatic N) is 1. The Morgan fingerprint density at radius 3 is 2.50 bits per heavy atom. The van der Waals surface area contributed by atoms with Crippen LogP contribution in [0.3, 0.4) is 0 Å². The van der Waals surface area contributed by atoms with E-state index in [-0.39, 0.29) is 24.3 Å². The summed E-state index contributed by atoms with van der Waals surface area (Å²) in [4.78, 5) is 41.8. The van der Waals surface area contributed by atoms with Gasteiger partial charge in [-0.05, 0) is 37.0 Å². The first-order valence-electron chi connectivity index (χ1n) is 11.2. The fraction of sp³-hybridized carbons (Fsp3) is 0.400. The Morgan fingerprint density at radius 1 is 1.06 bits per heavy atom. The number of likely N-dealkylation sites (tertiary alicyclic amines) is 1. The minimum Gasteiger partial charge on any atom is -0.392 e. The number of aliphatic hydroxyl groups excluding tert-OH is 1. The SMILES string of the molecule is CCc1ccc2c(c1)[C@@]1(N[C@H]([C@H](C)O)[C@H]3C(=O)N(CCc4ccccc4)C(=O)[C@H]31)C(=O)N2. The topological polar surface area (TPSA) is 98.7 Å². The number of carbonyl (C=O) groups is 3. The average molecular weight is 434 g/mol. The molecule has 7 heteroatoms. The number of hydrogen-bond donors (Lipinski definition) is 3. The van der Waals surface area contributed by atoms with Crippen LogP contribution in [0.25, 0.3) is 0 Å². The number of hydrogen-bond acceptors (Lipinski definition) is 5. The van der Waals surface area contributed by atoms with E-state index in [2.05, 4.69) is 10.6 Å². The van der Waals surface area contributed by atoms with Crippen molar-refractivity contribution in [2.24, 2.45) is 11.8 Å². The van der Waals surface area contributed by atoms with Gasteiger partial charge < -0.3 is 10.4 Å². The van der Waals surface area contributed by atoms with Crippen molar-refractivity contribution in [2.75, 3.05) is 11.9 Å². The zero-order valence-corrected chi connectivity index (χ0v) is 18.2. The second kappa shape index (κ2) is 7.53. The lowest BCUT2D eigenvalue weighted by Crippen LogP contribution is -2.55. The van der Waals surface area contributed by atoms with Crippen molar-refractivity contribution in [1.29, 1.82) is 0 Å². The molecule has 7 nitrogen and oxygen atoms in total. The Hall–Kier alpha value is -3.03. The second-order valence-electron chi connectivity index (χ2n) is 8.97. The maximum absolute atomic E-state index is 13.7. The van der Waals surface area contributed by atoms with E-state index in [0.29, 0.717) is 17.7 Å². The number of nitrogens with one attached hydrogen (secondary N) is 2. The van der Waals surface area contributed by atoms with Crippen LogP contribution in [0.1, 0.15) is 30.5 Å². The Kier molecular flexibility index (Phi) is 4.91. The maximum Gasteiger partial charge on any atom is 0.250 e. The van der Waals surface area contributed by atoms with Gasteiger partial charge in [0.2, 0.25) is 17.7 Å². The van der Waals surface area contributed by atoms with Crippen LogP contribution in [0.2, 0.25) is 0 Å². The van der Waals surface area contributed by atoms with E-state index in [1.54, 1.807) is 6.92 Å². The average Bonchev–Trinajstić information content (AvgIpc) is 3.38. The van der Waals surface area contributed by atoms with E-state index in [9.17, 15) is 19.5 Å². The van der Waals surface area contributed by atoms with Crippen molar-refractivity contribution in [1.82, 2.24) is 10.2 Å². The molecule has 3 heterocycles. The summed E-state index contributed by atoms with van der Waals surface area (Å²) in [5.41, 5.74) is 2.04. The highest BCUT2D eigenvalue weighted by molar-refractivity contribution is 6.15. The summed E-state index contributed by atoms with van der Waals surface area (Å²) in [6.07, 6.45) is 0.417.